The van der Waals surface area contributed by atoms with Crippen molar-refractivity contribution in [2.24, 2.45) is 0 Å². The van der Waals surface area contributed by atoms with Gasteiger partial charge in [-0.25, -0.2) is 9.78 Å². The normalized spacial score (nSPS) is 14.3. The minimum Gasteiger partial charge on any atom is -0.497 e. The minimum atomic E-state index is -1.04. The summed E-state index contributed by atoms with van der Waals surface area (Å²) in [6, 6.07) is 10.3. The van der Waals surface area contributed by atoms with Gasteiger partial charge in [0.15, 0.2) is 0 Å². The van der Waals surface area contributed by atoms with Gasteiger partial charge in [0.05, 0.1) is 19.0 Å². The summed E-state index contributed by atoms with van der Waals surface area (Å²) in [6.45, 7) is 2.56. The van der Waals surface area contributed by atoms with Crippen LogP contribution in [0.1, 0.15) is 20.8 Å². The van der Waals surface area contributed by atoms with Crippen LogP contribution in [-0.4, -0.2) is 60.2 Å². The third kappa shape index (κ3) is 3.71. The van der Waals surface area contributed by atoms with Gasteiger partial charge >= 0.3 is 5.97 Å². The Balaban J connectivity index is 1.60. The van der Waals surface area contributed by atoms with Gasteiger partial charge in [0.2, 0.25) is 0 Å². The van der Waals surface area contributed by atoms with E-state index in [1.807, 2.05) is 4.90 Å². The Morgan fingerprint density at radius 1 is 1.04 bits per heavy atom. The van der Waals surface area contributed by atoms with E-state index in [9.17, 15) is 9.59 Å². The van der Waals surface area contributed by atoms with Crippen molar-refractivity contribution >= 4 is 17.6 Å². The first kappa shape index (κ1) is 16.8. The summed E-state index contributed by atoms with van der Waals surface area (Å²) in [5.74, 6) is -0.318. The van der Waals surface area contributed by atoms with Crippen molar-refractivity contribution in [1.82, 2.24) is 9.88 Å². The molecule has 0 atom stereocenters. The van der Waals surface area contributed by atoms with Crippen molar-refractivity contribution < 1.29 is 19.4 Å². The van der Waals surface area contributed by atoms with Crippen LogP contribution in [0.15, 0.2) is 42.6 Å². The summed E-state index contributed by atoms with van der Waals surface area (Å²) in [6.07, 6.45) is 1.56. The third-order valence-electron chi connectivity index (χ3n) is 4.24. The molecule has 1 aromatic heterocycles. The highest BCUT2D eigenvalue weighted by atomic mass is 16.5. The fourth-order valence-corrected chi connectivity index (χ4v) is 2.78. The van der Waals surface area contributed by atoms with Gasteiger partial charge in [-0.3, -0.25) is 4.79 Å². The molecule has 2 aromatic rings. The predicted molar refractivity (Wildman–Crippen MR) is 92.3 cm³/mol. The Bertz CT molecular complexity index is 751. The lowest BCUT2D eigenvalue weighted by atomic mass is 10.1. The maximum absolute atomic E-state index is 12.6. The Hall–Kier alpha value is -3.09. The zero-order chi connectivity index (χ0) is 17.8. The lowest BCUT2D eigenvalue weighted by Crippen LogP contribution is -2.48. The van der Waals surface area contributed by atoms with Crippen LogP contribution in [0.5, 0.6) is 5.75 Å². The number of aromatic nitrogens is 1. The smallest absolute Gasteiger partial charge is 0.354 e. The Kier molecular flexibility index (Phi) is 4.83. The van der Waals surface area contributed by atoms with Crippen LogP contribution in [0, 0.1) is 0 Å². The van der Waals surface area contributed by atoms with E-state index in [0.717, 1.165) is 11.4 Å². The molecule has 0 saturated carbocycles. The van der Waals surface area contributed by atoms with E-state index in [1.54, 1.807) is 43.6 Å². The van der Waals surface area contributed by atoms with Gasteiger partial charge in [0.25, 0.3) is 5.91 Å². The van der Waals surface area contributed by atoms with Crippen LogP contribution in [0.25, 0.3) is 0 Å². The van der Waals surface area contributed by atoms with Gasteiger partial charge in [-0.2, -0.15) is 0 Å². The molecule has 3 rings (SSSR count). The van der Waals surface area contributed by atoms with Crippen molar-refractivity contribution in [3.05, 3.63) is 53.9 Å². The summed E-state index contributed by atoms with van der Waals surface area (Å²) < 4.78 is 5.11. The molecule has 0 spiro atoms. The van der Waals surface area contributed by atoms with Crippen LogP contribution in [0.4, 0.5) is 5.69 Å². The van der Waals surface area contributed by atoms with Crippen LogP contribution in [0.3, 0.4) is 0 Å². The average Bonchev–Trinajstić information content (AvgIpc) is 2.67. The van der Waals surface area contributed by atoms with Crippen LogP contribution in [-0.2, 0) is 0 Å². The molecule has 1 amide bonds. The zero-order valence-corrected chi connectivity index (χ0v) is 13.9. The van der Waals surface area contributed by atoms with Crippen molar-refractivity contribution in [2.75, 3.05) is 38.2 Å². The topological polar surface area (TPSA) is 83.0 Å². The number of ether oxygens (including phenoxy) is 1. The number of nitrogens with zero attached hydrogens (tertiary/aromatic N) is 3. The van der Waals surface area contributed by atoms with Crippen LogP contribution in [0.2, 0.25) is 0 Å². The summed E-state index contributed by atoms with van der Waals surface area (Å²) in [5, 5.41) is 8.89. The maximum Gasteiger partial charge on any atom is 0.354 e. The number of pyridine rings is 1. The molecule has 1 aliphatic rings. The van der Waals surface area contributed by atoms with E-state index >= 15 is 0 Å². The Labute approximate surface area is 145 Å². The molecule has 0 unspecified atom stereocenters. The molecule has 1 aromatic carbocycles. The molecule has 1 fully saturated rings. The second-order valence-corrected chi connectivity index (χ2v) is 5.71. The fraction of sp³-hybridized carbons (Fsp3) is 0.278. The SMILES string of the molecule is COc1ccc(C(=O)N2CCN(c3ccc(C(=O)O)nc3)CC2)cc1. The summed E-state index contributed by atoms with van der Waals surface area (Å²) >= 11 is 0. The minimum absolute atomic E-state index is 0.00153. The third-order valence-corrected chi connectivity index (χ3v) is 4.24. The van der Waals surface area contributed by atoms with E-state index < -0.39 is 5.97 Å². The number of methoxy groups -OCH3 is 1. The highest BCUT2D eigenvalue weighted by Crippen LogP contribution is 2.18. The van der Waals surface area contributed by atoms with Gasteiger partial charge in [0.1, 0.15) is 11.4 Å². The summed E-state index contributed by atoms with van der Waals surface area (Å²) in [5.41, 5.74) is 1.53. The molecule has 2 heterocycles. The molecule has 7 heteroatoms. The largest absolute Gasteiger partial charge is 0.497 e. The standard InChI is InChI=1S/C18H19N3O4/c1-25-15-5-2-13(3-6-15)17(22)21-10-8-20(9-11-21)14-4-7-16(18(23)24)19-12-14/h2-7,12H,8-11H2,1H3,(H,23,24). The maximum atomic E-state index is 12.6. The fourth-order valence-electron chi connectivity index (χ4n) is 2.78. The molecule has 0 bridgehead atoms. The number of aromatic carboxylic acids is 1. The number of carbonyl (C=O) groups is 2. The highest BCUT2D eigenvalue weighted by Gasteiger charge is 2.22. The number of hydrogen-bond acceptors (Lipinski definition) is 5. The van der Waals surface area contributed by atoms with E-state index in [0.29, 0.717) is 31.7 Å². The number of carboxylic acids is 1. The molecule has 1 N–H and O–H groups in total. The Morgan fingerprint density at radius 3 is 2.24 bits per heavy atom. The Morgan fingerprint density at radius 2 is 1.72 bits per heavy atom. The molecular weight excluding hydrogens is 322 g/mol. The second kappa shape index (κ2) is 7.21. The van der Waals surface area contributed by atoms with E-state index in [1.165, 1.54) is 6.07 Å². The number of benzene rings is 1. The first-order valence-electron chi connectivity index (χ1n) is 7.96. The van der Waals surface area contributed by atoms with Crippen LogP contribution < -0.4 is 9.64 Å². The number of rotatable bonds is 4. The van der Waals surface area contributed by atoms with E-state index in [-0.39, 0.29) is 11.6 Å². The zero-order valence-electron chi connectivity index (χ0n) is 13.9. The number of anilines is 1. The van der Waals surface area contributed by atoms with Gasteiger partial charge in [-0.05, 0) is 36.4 Å². The summed E-state index contributed by atoms with van der Waals surface area (Å²) in [4.78, 5) is 31.3. The van der Waals surface area contributed by atoms with Gasteiger partial charge in [-0.1, -0.05) is 0 Å². The molecule has 1 saturated heterocycles. The van der Waals surface area contributed by atoms with Crippen LogP contribution >= 0.6 is 0 Å². The lowest BCUT2D eigenvalue weighted by Gasteiger charge is -2.36. The average molecular weight is 341 g/mol. The highest BCUT2D eigenvalue weighted by molar-refractivity contribution is 5.94. The molecule has 0 aliphatic carbocycles. The van der Waals surface area contributed by atoms with Gasteiger partial charge in [-0.15, -0.1) is 0 Å². The van der Waals surface area contributed by atoms with Gasteiger partial charge < -0.3 is 19.6 Å². The van der Waals surface area contributed by atoms with E-state index in [4.69, 9.17) is 9.84 Å². The summed E-state index contributed by atoms with van der Waals surface area (Å²) in [7, 11) is 1.59. The lowest BCUT2D eigenvalue weighted by molar-refractivity contribution is 0.0688. The number of carboxylic acid groups (broad SMARTS) is 1. The monoisotopic (exact) mass is 341 g/mol. The number of hydrogen-bond donors (Lipinski definition) is 1. The van der Waals surface area contributed by atoms with Crippen molar-refractivity contribution in [1.29, 1.82) is 0 Å². The van der Waals surface area contributed by atoms with Crippen molar-refractivity contribution in [2.45, 2.75) is 0 Å². The molecular formula is C18H19N3O4. The molecule has 0 radical (unpaired) electrons. The first-order chi connectivity index (χ1) is 12.1. The molecule has 1 aliphatic heterocycles. The number of carbonyl (C=O) groups excluding carboxylic acids is 1. The molecule has 130 valence electrons. The predicted octanol–water partition coefficient (Wildman–Crippen LogP) is 1.75. The molecule has 7 nitrogen and oxygen atoms in total. The second-order valence-electron chi connectivity index (χ2n) is 5.71. The number of piperazine rings is 1. The quantitative estimate of drug-likeness (QED) is 0.912. The van der Waals surface area contributed by atoms with Gasteiger partial charge in [0, 0.05) is 31.7 Å². The number of amides is 1. The molecule has 25 heavy (non-hydrogen) atoms. The van der Waals surface area contributed by atoms with Crippen molar-refractivity contribution in [3.63, 3.8) is 0 Å². The van der Waals surface area contributed by atoms with Crippen molar-refractivity contribution in [3.8, 4) is 5.75 Å². The van der Waals surface area contributed by atoms with E-state index in [2.05, 4.69) is 9.88 Å². The first-order valence-corrected chi connectivity index (χ1v) is 7.96.